The van der Waals surface area contributed by atoms with Crippen LogP contribution in [0.1, 0.15) is 63.5 Å². The quantitative estimate of drug-likeness (QED) is 0.487. The molecule has 22 heavy (non-hydrogen) atoms. The molecule has 1 N–H and O–H groups in total. The van der Waals surface area contributed by atoms with Crippen molar-refractivity contribution in [1.29, 1.82) is 0 Å². The van der Waals surface area contributed by atoms with E-state index in [9.17, 15) is 0 Å². The maximum Gasteiger partial charge on any atom is 0.0513 e. The van der Waals surface area contributed by atoms with Crippen molar-refractivity contribution in [2.24, 2.45) is 0 Å². The van der Waals surface area contributed by atoms with Gasteiger partial charge in [-0.15, -0.1) is 0 Å². The monoisotopic (exact) mass is 295 g/mol. The maximum atomic E-state index is 3.70. The van der Waals surface area contributed by atoms with Gasteiger partial charge in [0.25, 0.3) is 0 Å². The van der Waals surface area contributed by atoms with Gasteiger partial charge in [-0.1, -0.05) is 94.0 Å². The molecule has 1 nitrogen and oxygen atoms in total. The minimum absolute atomic E-state index is 0.412. The summed E-state index contributed by atoms with van der Waals surface area (Å²) in [6, 6.07) is 21.8. The Labute approximate surface area is 135 Å². The Kier molecular flexibility index (Phi) is 7.59. The molecule has 0 fully saturated rings. The van der Waals surface area contributed by atoms with Crippen LogP contribution in [0.25, 0.3) is 0 Å². The summed E-state index contributed by atoms with van der Waals surface area (Å²) in [4.78, 5) is 0. The Morgan fingerprint density at radius 1 is 0.727 bits per heavy atom. The van der Waals surface area contributed by atoms with Gasteiger partial charge in [-0.2, -0.15) is 0 Å². The largest absolute Gasteiger partial charge is 0.378 e. The number of benzene rings is 2. The van der Waals surface area contributed by atoms with E-state index in [2.05, 4.69) is 72.9 Å². The van der Waals surface area contributed by atoms with E-state index in [0.29, 0.717) is 6.04 Å². The standard InChI is InChI=1S/C21H29N/c1-2-3-4-5-6-13-18-21(19-14-9-7-10-15-19)22-20-16-11-8-12-17-20/h7-12,14-17,21-22H,2-6,13,18H2,1H3/t21-/m1/s1. The van der Waals surface area contributed by atoms with Gasteiger partial charge in [-0.25, -0.2) is 0 Å². The lowest BCUT2D eigenvalue weighted by molar-refractivity contribution is 0.562. The highest BCUT2D eigenvalue weighted by Gasteiger charge is 2.10. The molecule has 1 heteroatoms. The molecular formula is C21H29N. The number of rotatable bonds is 10. The first-order valence-corrected chi connectivity index (χ1v) is 8.76. The summed E-state index contributed by atoms with van der Waals surface area (Å²) < 4.78 is 0. The van der Waals surface area contributed by atoms with Gasteiger partial charge in [0.15, 0.2) is 0 Å². The molecule has 2 aromatic rings. The van der Waals surface area contributed by atoms with Gasteiger partial charge >= 0.3 is 0 Å². The number of anilines is 1. The summed E-state index contributed by atoms with van der Waals surface area (Å²) in [7, 11) is 0. The summed E-state index contributed by atoms with van der Waals surface area (Å²) in [5, 5.41) is 3.70. The van der Waals surface area contributed by atoms with Crippen LogP contribution in [0.5, 0.6) is 0 Å². The fraction of sp³-hybridized carbons (Fsp3) is 0.429. The van der Waals surface area contributed by atoms with Gasteiger partial charge in [0.05, 0.1) is 6.04 Å². The fourth-order valence-electron chi connectivity index (χ4n) is 2.87. The van der Waals surface area contributed by atoms with Gasteiger partial charge in [0.1, 0.15) is 0 Å². The predicted octanol–water partition coefficient (Wildman–Crippen LogP) is 6.59. The molecule has 0 radical (unpaired) electrons. The topological polar surface area (TPSA) is 12.0 Å². The van der Waals surface area contributed by atoms with E-state index in [1.165, 1.54) is 56.2 Å². The Balaban J connectivity index is 1.88. The lowest BCUT2D eigenvalue weighted by atomic mass is 9.99. The highest BCUT2D eigenvalue weighted by atomic mass is 14.9. The molecule has 2 aromatic carbocycles. The van der Waals surface area contributed by atoms with Crippen LogP contribution >= 0.6 is 0 Å². The highest BCUT2D eigenvalue weighted by Crippen LogP contribution is 2.25. The zero-order valence-electron chi connectivity index (χ0n) is 13.8. The molecule has 0 bridgehead atoms. The molecule has 2 rings (SSSR count). The first-order valence-electron chi connectivity index (χ1n) is 8.76. The summed E-state index contributed by atoms with van der Waals surface area (Å²) in [5.41, 5.74) is 2.60. The van der Waals surface area contributed by atoms with Crippen molar-refractivity contribution in [3.63, 3.8) is 0 Å². The first-order chi connectivity index (χ1) is 10.9. The van der Waals surface area contributed by atoms with Crippen LogP contribution in [0.4, 0.5) is 5.69 Å². The predicted molar refractivity (Wildman–Crippen MR) is 97.2 cm³/mol. The molecule has 0 aliphatic carbocycles. The Hall–Kier alpha value is -1.76. The van der Waals surface area contributed by atoms with Crippen LogP contribution in [0, 0.1) is 0 Å². The summed E-state index contributed by atoms with van der Waals surface area (Å²) >= 11 is 0. The van der Waals surface area contributed by atoms with E-state index in [4.69, 9.17) is 0 Å². The lowest BCUT2D eigenvalue weighted by Gasteiger charge is -2.20. The molecule has 0 saturated heterocycles. The number of hydrogen-bond acceptors (Lipinski definition) is 1. The third kappa shape index (κ3) is 5.93. The molecule has 118 valence electrons. The smallest absolute Gasteiger partial charge is 0.0513 e. The summed E-state index contributed by atoms with van der Waals surface area (Å²) in [5.74, 6) is 0. The maximum absolute atomic E-state index is 3.70. The van der Waals surface area contributed by atoms with Crippen LogP contribution in [-0.2, 0) is 0 Å². The number of hydrogen-bond donors (Lipinski definition) is 1. The third-order valence-electron chi connectivity index (χ3n) is 4.16. The molecule has 0 aliphatic heterocycles. The van der Waals surface area contributed by atoms with Crippen LogP contribution in [-0.4, -0.2) is 0 Å². The van der Waals surface area contributed by atoms with Crippen molar-refractivity contribution in [2.45, 2.75) is 57.9 Å². The van der Waals surface area contributed by atoms with Crippen molar-refractivity contribution < 1.29 is 0 Å². The Morgan fingerprint density at radius 3 is 2.00 bits per heavy atom. The molecule has 0 unspecified atom stereocenters. The minimum Gasteiger partial charge on any atom is -0.378 e. The van der Waals surface area contributed by atoms with E-state index in [1.807, 2.05) is 0 Å². The van der Waals surface area contributed by atoms with Crippen molar-refractivity contribution >= 4 is 5.69 Å². The number of nitrogens with one attached hydrogen (secondary N) is 1. The van der Waals surface area contributed by atoms with Gasteiger partial charge in [0, 0.05) is 5.69 Å². The van der Waals surface area contributed by atoms with Gasteiger partial charge in [-0.3, -0.25) is 0 Å². The second kappa shape index (κ2) is 10.0. The molecule has 0 aliphatic rings. The highest BCUT2D eigenvalue weighted by molar-refractivity contribution is 5.45. The van der Waals surface area contributed by atoms with E-state index in [1.54, 1.807) is 0 Å². The average Bonchev–Trinajstić information content (AvgIpc) is 2.58. The molecule has 1 atom stereocenters. The molecule has 0 spiro atoms. The van der Waals surface area contributed by atoms with E-state index < -0.39 is 0 Å². The second-order valence-corrected chi connectivity index (χ2v) is 6.03. The Bertz CT molecular complexity index is 492. The van der Waals surface area contributed by atoms with Crippen molar-refractivity contribution in [3.8, 4) is 0 Å². The minimum atomic E-state index is 0.412. The van der Waals surface area contributed by atoms with Crippen LogP contribution in [0.15, 0.2) is 60.7 Å². The molecular weight excluding hydrogens is 266 g/mol. The Morgan fingerprint density at radius 2 is 1.32 bits per heavy atom. The normalized spacial score (nSPS) is 12.0. The number of para-hydroxylation sites is 1. The second-order valence-electron chi connectivity index (χ2n) is 6.03. The molecule has 0 amide bonds. The zero-order chi connectivity index (χ0) is 15.5. The summed E-state index contributed by atoms with van der Waals surface area (Å²) in [6.07, 6.45) is 9.31. The zero-order valence-corrected chi connectivity index (χ0v) is 13.8. The van der Waals surface area contributed by atoms with Crippen molar-refractivity contribution in [1.82, 2.24) is 0 Å². The SMILES string of the molecule is CCCCCCCC[C@@H](Nc1ccccc1)c1ccccc1. The van der Waals surface area contributed by atoms with E-state index in [0.717, 1.165) is 0 Å². The van der Waals surface area contributed by atoms with Crippen molar-refractivity contribution in [3.05, 3.63) is 66.2 Å². The van der Waals surface area contributed by atoms with Gasteiger partial charge < -0.3 is 5.32 Å². The third-order valence-corrected chi connectivity index (χ3v) is 4.16. The number of unbranched alkanes of at least 4 members (excludes halogenated alkanes) is 5. The first kappa shape index (κ1) is 16.6. The lowest BCUT2D eigenvalue weighted by Crippen LogP contribution is -2.10. The van der Waals surface area contributed by atoms with Crippen LogP contribution in [0.3, 0.4) is 0 Å². The molecule has 0 aromatic heterocycles. The molecule has 0 saturated carbocycles. The van der Waals surface area contributed by atoms with Gasteiger partial charge in [0.2, 0.25) is 0 Å². The average molecular weight is 295 g/mol. The van der Waals surface area contributed by atoms with Gasteiger partial charge in [-0.05, 0) is 24.1 Å². The fourth-order valence-corrected chi connectivity index (χ4v) is 2.87. The van der Waals surface area contributed by atoms with E-state index >= 15 is 0 Å². The van der Waals surface area contributed by atoms with Crippen LogP contribution in [0.2, 0.25) is 0 Å². The summed E-state index contributed by atoms with van der Waals surface area (Å²) in [6.45, 7) is 2.27. The van der Waals surface area contributed by atoms with E-state index in [-0.39, 0.29) is 0 Å². The molecule has 0 heterocycles. The van der Waals surface area contributed by atoms with Crippen LogP contribution < -0.4 is 5.32 Å². The van der Waals surface area contributed by atoms with Crippen molar-refractivity contribution in [2.75, 3.05) is 5.32 Å².